The van der Waals surface area contributed by atoms with Crippen molar-refractivity contribution in [3.05, 3.63) is 17.2 Å². The quantitative estimate of drug-likeness (QED) is 0.681. The van der Waals surface area contributed by atoms with E-state index in [1.165, 1.54) is 14.2 Å². The zero-order valence-corrected chi connectivity index (χ0v) is 13.3. The fraction of sp³-hybridized carbons (Fsp3) is 0.500. The number of carbonyl (C=O) groups is 1. The maximum absolute atomic E-state index is 11.9. The highest BCUT2D eigenvalue weighted by molar-refractivity contribution is 6.32. The SMILES string of the molecule is COCCNCCC(=O)Nc1cc(OC)c(Cl)cc1OC. The Kier molecular flexibility index (Phi) is 7.89. The fourth-order valence-electron chi connectivity index (χ4n) is 1.67. The van der Waals surface area contributed by atoms with Crippen LogP contribution in [0.2, 0.25) is 5.02 Å². The van der Waals surface area contributed by atoms with Gasteiger partial charge < -0.3 is 24.8 Å². The lowest BCUT2D eigenvalue weighted by Crippen LogP contribution is -2.24. The van der Waals surface area contributed by atoms with Crippen LogP contribution >= 0.6 is 11.6 Å². The Bertz CT molecular complexity index is 469. The summed E-state index contributed by atoms with van der Waals surface area (Å²) in [6.45, 7) is 1.90. The van der Waals surface area contributed by atoms with Crippen molar-refractivity contribution in [3.63, 3.8) is 0 Å². The number of amides is 1. The Labute approximate surface area is 129 Å². The molecule has 6 nitrogen and oxygen atoms in total. The minimum absolute atomic E-state index is 0.123. The van der Waals surface area contributed by atoms with E-state index < -0.39 is 0 Å². The number of benzene rings is 1. The molecule has 0 heterocycles. The van der Waals surface area contributed by atoms with Crippen LogP contribution in [0.3, 0.4) is 0 Å². The summed E-state index contributed by atoms with van der Waals surface area (Å²) in [4.78, 5) is 11.9. The van der Waals surface area contributed by atoms with Gasteiger partial charge >= 0.3 is 0 Å². The molecule has 1 aromatic carbocycles. The molecule has 0 aliphatic heterocycles. The molecule has 0 unspecified atom stereocenters. The van der Waals surface area contributed by atoms with Gasteiger partial charge in [0.1, 0.15) is 11.5 Å². The first-order valence-corrected chi connectivity index (χ1v) is 6.91. The maximum Gasteiger partial charge on any atom is 0.225 e. The molecule has 7 heteroatoms. The van der Waals surface area contributed by atoms with Crippen LogP contribution in [-0.4, -0.2) is 46.9 Å². The summed E-state index contributed by atoms with van der Waals surface area (Å²) in [6.07, 6.45) is 0.345. The van der Waals surface area contributed by atoms with E-state index >= 15 is 0 Å². The van der Waals surface area contributed by atoms with Gasteiger partial charge in [0.2, 0.25) is 5.91 Å². The molecule has 0 saturated carbocycles. The van der Waals surface area contributed by atoms with Crippen LogP contribution in [0.25, 0.3) is 0 Å². The zero-order valence-electron chi connectivity index (χ0n) is 12.5. The molecule has 0 radical (unpaired) electrons. The van der Waals surface area contributed by atoms with Crippen molar-refractivity contribution in [1.29, 1.82) is 0 Å². The molecule has 118 valence electrons. The molecule has 0 spiro atoms. The Morgan fingerprint density at radius 3 is 2.48 bits per heavy atom. The molecule has 0 aromatic heterocycles. The second-order valence-electron chi connectivity index (χ2n) is 4.23. The number of hydrogen-bond donors (Lipinski definition) is 2. The van der Waals surface area contributed by atoms with Gasteiger partial charge in [-0.1, -0.05) is 11.6 Å². The van der Waals surface area contributed by atoms with Crippen LogP contribution in [0.1, 0.15) is 6.42 Å². The summed E-state index contributed by atoms with van der Waals surface area (Å²) in [5.74, 6) is 0.843. The van der Waals surface area contributed by atoms with Crippen LogP contribution in [0.15, 0.2) is 12.1 Å². The van der Waals surface area contributed by atoms with Crippen molar-refractivity contribution in [3.8, 4) is 11.5 Å². The number of anilines is 1. The zero-order chi connectivity index (χ0) is 15.7. The van der Waals surface area contributed by atoms with Crippen LogP contribution < -0.4 is 20.1 Å². The summed E-state index contributed by atoms with van der Waals surface area (Å²) in [5.41, 5.74) is 0.528. The van der Waals surface area contributed by atoms with Gasteiger partial charge in [-0.05, 0) is 0 Å². The predicted octanol–water partition coefficient (Wildman–Crippen LogP) is 1.92. The standard InChI is InChI=1S/C14H21ClN2O4/c1-19-7-6-16-5-4-14(18)17-11-9-12(20-2)10(15)8-13(11)21-3/h8-9,16H,4-7H2,1-3H3,(H,17,18). The van der Waals surface area contributed by atoms with Crippen LogP contribution in [0, 0.1) is 0 Å². The number of hydrogen-bond acceptors (Lipinski definition) is 5. The second kappa shape index (κ2) is 9.44. The second-order valence-corrected chi connectivity index (χ2v) is 4.64. The number of halogens is 1. The van der Waals surface area contributed by atoms with Gasteiger partial charge in [0, 0.05) is 38.8 Å². The number of carbonyl (C=O) groups excluding carboxylic acids is 1. The summed E-state index contributed by atoms with van der Waals surface area (Å²) >= 11 is 6.01. The fourth-order valence-corrected chi connectivity index (χ4v) is 1.90. The van der Waals surface area contributed by atoms with E-state index in [4.69, 9.17) is 25.8 Å². The van der Waals surface area contributed by atoms with Crippen LogP contribution in [0.5, 0.6) is 11.5 Å². The molecule has 0 bridgehead atoms. The third-order valence-corrected chi connectivity index (χ3v) is 3.06. The largest absolute Gasteiger partial charge is 0.495 e. The normalized spacial score (nSPS) is 10.3. The molecular weight excluding hydrogens is 296 g/mol. The number of nitrogens with one attached hydrogen (secondary N) is 2. The average molecular weight is 317 g/mol. The highest BCUT2D eigenvalue weighted by Crippen LogP contribution is 2.35. The first-order valence-electron chi connectivity index (χ1n) is 6.53. The van der Waals surface area contributed by atoms with Gasteiger partial charge in [0.25, 0.3) is 0 Å². The van der Waals surface area contributed by atoms with Crippen molar-refractivity contribution in [1.82, 2.24) is 5.32 Å². The van der Waals surface area contributed by atoms with Gasteiger partial charge in [-0.2, -0.15) is 0 Å². The van der Waals surface area contributed by atoms with E-state index in [0.29, 0.717) is 48.3 Å². The lowest BCUT2D eigenvalue weighted by atomic mass is 10.2. The lowest BCUT2D eigenvalue weighted by Gasteiger charge is -2.13. The number of methoxy groups -OCH3 is 3. The Morgan fingerprint density at radius 2 is 1.86 bits per heavy atom. The van der Waals surface area contributed by atoms with Crippen molar-refractivity contribution in [2.24, 2.45) is 0 Å². The van der Waals surface area contributed by atoms with Crippen LogP contribution in [0.4, 0.5) is 5.69 Å². The van der Waals surface area contributed by atoms with E-state index in [-0.39, 0.29) is 5.91 Å². The van der Waals surface area contributed by atoms with E-state index in [2.05, 4.69) is 10.6 Å². The molecule has 2 N–H and O–H groups in total. The third-order valence-electron chi connectivity index (χ3n) is 2.76. The Morgan fingerprint density at radius 1 is 1.14 bits per heavy atom. The van der Waals surface area contributed by atoms with E-state index in [1.807, 2.05) is 0 Å². The molecule has 0 saturated heterocycles. The molecular formula is C14H21ClN2O4. The Balaban J connectivity index is 2.58. The molecule has 1 amide bonds. The highest BCUT2D eigenvalue weighted by atomic mass is 35.5. The molecule has 0 aliphatic rings. The third kappa shape index (κ3) is 5.79. The number of ether oxygens (including phenoxy) is 3. The number of rotatable bonds is 9. The van der Waals surface area contributed by atoms with Crippen molar-refractivity contribution in [2.45, 2.75) is 6.42 Å². The van der Waals surface area contributed by atoms with Crippen molar-refractivity contribution in [2.75, 3.05) is 46.3 Å². The monoisotopic (exact) mass is 316 g/mol. The predicted molar refractivity (Wildman–Crippen MR) is 82.5 cm³/mol. The molecule has 1 rings (SSSR count). The Hall–Kier alpha value is -1.50. The summed E-state index contributed by atoms with van der Waals surface area (Å²) in [5, 5.41) is 6.31. The minimum Gasteiger partial charge on any atom is -0.495 e. The molecule has 21 heavy (non-hydrogen) atoms. The first-order chi connectivity index (χ1) is 10.1. The van der Waals surface area contributed by atoms with Gasteiger partial charge in [0.05, 0.1) is 31.5 Å². The molecule has 1 aromatic rings. The molecule has 0 atom stereocenters. The summed E-state index contributed by atoms with van der Waals surface area (Å²) < 4.78 is 15.2. The van der Waals surface area contributed by atoms with Crippen molar-refractivity contribution < 1.29 is 19.0 Å². The average Bonchev–Trinajstić information content (AvgIpc) is 2.48. The summed E-state index contributed by atoms with van der Waals surface area (Å²) in [6, 6.07) is 3.24. The van der Waals surface area contributed by atoms with Crippen LogP contribution in [-0.2, 0) is 9.53 Å². The van der Waals surface area contributed by atoms with Crippen molar-refractivity contribution >= 4 is 23.2 Å². The van der Waals surface area contributed by atoms with Gasteiger partial charge in [-0.15, -0.1) is 0 Å². The first kappa shape index (κ1) is 17.6. The van der Waals surface area contributed by atoms with E-state index in [0.717, 1.165) is 0 Å². The van der Waals surface area contributed by atoms with Gasteiger partial charge in [-0.3, -0.25) is 4.79 Å². The maximum atomic E-state index is 11.9. The lowest BCUT2D eigenvalue weighted by molar-refractivity contribution is -0.116. The smallest absolute Gasteiger partial charge is 0.225 e. The summed E-state index contributed by atoms with van der Waals surface area (Å²) in [7, 11) is 4.66. The molecule has 0 aliphatic carbocycles. The minimum atomic E-state index is -0.123. The van der Waals surface area contributed by atoms with Gasteiger partial charge in [0.15, 0.2) is 0 Å². The topological polar surface area (TPSA) is 68.8 Å². The van der Waals surface area contributed by atoms with E-state index in [1.54, 1.807) is 19.2 Å². The highest BCUT2D eigenvalue weighted by Gasteiger charge is 2.12. The van der Waals surface area contributed by atoms with E-state index in [9.17, 15) is 4.79 Å². The molecule has 0 fully saturated rings. The van der Waals surface area contributed by atoms with Gasteiger partial charge in [-0.25, -0.2) is 0 Å².